The number of halogens is 1. The van der Waals surface area contributed by atoms with Crippen LogP contribution in [0.15, 0.2) is 77.1 Å². The van der Waals surface area contributed by atoms with Crippen molar-refractivity contribution in [1.29, 1.82) is 0 Å². The van der Waals surface area contributed by atoms with Gasteiger partial charge in [0.05, 0.1) is 12.2 Å². The molecular formula is C20H15ClN2O3S2. The van der Waals surface area contributed by atoms with Gasteiger partial charge in [-0.3, -0.25) is 9.10 Å². The maximum atomic E-state index is 13.3. The standard InChI is InChI=1S/C20H15ClN2O3S2/c21-15-8-6-14(7-9-15)13-23-17-10-11-27-20(17)19(24)18(28(23,25)26)12-22-16-4-2-1-3-5-16/h1-12,22H,13H2/b18-12-. The normalized spacial score (nSPS) is 16.8. The number of rotatable bonds is 4. The Kier molecular flexibility index (Phi) is 4.97. The van der Waals surface area contributed by atoms with Crippen LogP contribution in [-0.2, 0) is 16.6 Å². The highest BCUT2D eigenvalue weighted by Crippen LogP contribution is 2.39. The Balaban J connectivity index is 1.75. The van der Waals surface area contributed by atoms with Crippen LogP contribution < -0.4 is 9.62 Å². The van der Waals surface area contributed by atoms with E-state index in [4.69, 9.17) is 11.6 Å². The molecule has 0 atom stereocenters. The zero-order valence-electron chi connectivity index (χ0n) is 14.5. The Morgan fingerprint density at radius 1 is 1.04 bits per heavy atom. The molecule has 2 aromatic carbocycles. The van der Waals surface area contributed by atoms with E-state index < -0.39 is 15.8 Å². The second-order valence-corrected chi connectivity index (χ2v) is 9.30. The molecule has 142 valence electrons. The number of hydrogen-bond donors (Lipinski definition) is 1. The summed E-state index contributed by atoms with van der Waals surface area (Å²) >= 11 is 7.15. The van der Waals surface area contributed by atoms with Crippen LogP contribution in [0.5, 0.6) is 0 Å². The second kappa shape index (κ2) is 7.43. The van der Waals surface area contributed by atoms with E-state index in [0.717, 1.165) is 5.56 Å². The van der Waals surface area contributed by atoms with E-state index in [2.05, 4.69) is 5.32 Å². The fraction of sp³-hybridized carbons (Fsp3) is 0.0500. The van der Waals surface area contributed by atoms with Crippen molar-refractivity contribution >= 4 is 50.1 Å². The lowest BCUT2D eigenvalue weighted by molar-refractivity contribution is 0.104. The lowest BCUT2D eigenvalue weighted by Crippen LogP contribution is -2.38. The summed E-state index contributed by atoms with van der Waals surface area (Å²) in [6, 6.07) is 17.7. The molecule has 0 spiro atoms. The van der Waals surface area contributed by atoms with Crippen LogP contribution in [0.1, 0.15) is 15.2 Å². The van der Waals surface area contributed by atoms with E-state index in [1.807, 2.05) is 18.2 Å². The number of ketones is 1. The molecule has 4 rings (SSSR count). The minimum absolute atomic E-state index is 0.110. The molecule has 3 aromatic rings. The van der Waals surface area contributed by atoms with E-state index >= 15 is 0 Å². The van der Waals surface area contributed by atoms with Gasteiger partial charge in [-0.25, -0.2) is 8.42 Å². The van der Waals surface area contributed by atoms with Gasteiger partial charge in [0.2, 0.25) is 5.78 Å². The van der Waals surface area contributed by atoms with Crippen LogP contribution in [0.2, 0.25) is 5.02 Å². The number of anilines is 2. The number of carbonyl (C=O) groups is 1. The number of nitrogens with one attached hydrogen (secondary N) is 1. The first-order chi connectivity index (χ1) is 13.5. The van der Waals surface area contributed by atoms with E-state index in [0.29, 0.717) is 21.3 Å². The number of carbonyl (C=O) groups excluding carboxylic acids is 1. The minimum Gasteiger partial charge on any atom is -0.360 e. The van der Waals surface area contributed by atoms with Crippen molar-refractivity contribution in [2.24, 2.45) is 0 Å². The van der Waals surface area contributed by atoms with Crippen molar-refractivity contribution in [2.75, 3.05) is 9.62 Å². The van der Waals surface area contributed by atoms with Crippen molar-refractivity contribution in [1.82, 2.24) is 0 Å². The summed E-state index contributed by atoms with van der Waals surface area (Å²) in [6.07, 6.45) is 1.27. The van der Waals surface area contributed by atoms with Crippen molar-refractivity contribution in [2.45, 2.75) is 6.54 Å². The number of hydrogen-bond acceptors (Lipinski definition) is 5. The molecule has 28 heavy (non-hydrogen) atoms. The molecule has 0 saturated carbocycles. The SMILES string of the molecule is O=C1/C(=C/Nc2ccccc2)S(=O)(=O)N(Cc2ccc(Cl)cc2)c2ccsc21. The van der Waals surface area contributed by atoms with Crippen LogP contribution in [-0.4, -0.2) is 14.2 Å². The van der Waals surface area contributed by atoms with Gasteiger partial charge in [-0.05, 0) is 41.3 Å². The fourth-order valence-electron chi connectivity index (χ4n) is 2.90. The first-order valence-corrected chi connectivity index (χ1v) is 11.1. The second-order valence-electron chi connectivity index (χ2n) is 6.12. The third kappa shape index (κ3) is 3.44. The van der Waals surface area contributed by atoms with Crippen molar-refractivity contribution < 1.29 is 13.2 Å². The Morgan fingerprint density at radius 2 is 1.75 bits per heavy atom. The summed E-state index contributed by atoms with van der Waals surface area (Å²) in [5, 5.41) is 5.21. The number of nitrogens with zero attached hydrogens (tertiary/aromatic N) is 1. The monoisotopic (exact) mass is 430 g/mol. The van der Waals surface area contributed by atoms with Gasteiger partial charge in [-0.1, -0.05) is 41.9 Å². The quantitative estimate of drug-likeness (QED) is 0.598. The summed E-state index contributed by atoms with van der Waals surface area (Å²) in [5.74, 6) is -0.499. The van der Waals surface area contributed by atoms with E-state index in [-0.39, 0.29) is 11.4 Å². The first kappa shape index (κ1) is 18.7. The van der Waals surface area contributed by atoms with E-state index in [9.17, 15) is 13.2 Å². The van der Waals surface area contributed by atoms with Gasteiger partial charge < -0.3 is 5.32 Å². The number of benzene rings is 2. The molecule has 1 aliphatic rings. The van der Waals surface area contributed by atoms with Crippen LogP contribution in [0.4, 0.5) is 11.4 Å². The van der Waals surface area contributed by atoms with Crippen molar-refractivity contribution in [3.8, 4) is 0 Å². The molecule has 0 saturated heterocycles. The molecule has 0 aliphatic carbocycles. The highest BCUT2D eigenvalue weighted by molar-refractivity contribution is 7.97. The molecule has 2 heterocycles. The molecule has 0 radical (unpaired) electrons. The highest BCUT2D eigenvalue weighted by atomic mass is 35.5. The Bertz CT molecular complexity index is 1150. The zero-order valence-corrected chi connectivity index (χ0v) is 16.9. The fourth-order valence-corrected chi connectivity index (χ4v) is 5.50. The molecule has 0 amide bonds. The summed E-state index contributed by atoms with van der Waals surface area (Å²) in [6.45, 7) is 0.110. The highest BCUT2D eigenvalue weighted by Gasteiger charge is 2.41. The van der Waals surface area contributed by atoms with Gasteiger partial charge in [-0.15, -0.1) is 11.3 Å². The number of sulfonamides is 1. The van der Waals surface area contributed by atoms with Gasteiger partial charge in [0.15, 0.2) is 4.91 Å². The summed E-state index contributed by atoms with van der Waals surface area (Å²) in [4.78, 5) is 13.0. The number of allylic oxidation sites excluding steroid dienone is 1. The number of para-hydroxylation sites is 1. The minimum atomic E-state index is -4.02. The lowest BCUT2D eigenvalue weighted by atomic mass is 10.2. The molecule has 0 unspecified atom stereocenters. The number of fused-ring (bicyclic) bond motifs is 1. The topological polar surface area (TPSA) is 66.5 Å². The van der Waals surface area contributed by atoms with Gasteiger partial charge in [0.25, 0.3) is 10.0 Å². The molecule has 0 fully saturated rings. The Morgan fingerprint density at radius 3 is 2.46 bits per heavy atom. The van der Waals surface area contributed by atoms with E-state index in [1.54, 1.807) is 47.8 Å². The third-order valence-corrected chi connectivity index (χ3v) is 7.21. The van der Waals surface area contributed by atoms with Crippen LogP contribution in [0, 0.1) is 0 Å². The number of thiophene rings is 1. The molecule has 8 heteroatoms. The molecule has 0 bridgehead atoms. The zero-order chi connectivity index (χ0) is 19.7. The predicted molar refractivity (Wildman–Crippen MR) is 113 cm³/mol. The Hall–Kier alpha value is -2.61. The average molecular weight is 431 g/mol. The molecule has 5 nitrogen and oxygen atoms in total. The van der Waals surface area contributed by atoms with Crippen molar-refractivity contribution in [3.63, 3.8) is 0 Å². The van der Waals surface area contributed by atoms with Gasteiger partial charge >= 0.3 is 0 Å². The average Bonchev–Trinajstić information content (AvgIpc) is 3.17. The molecular weight excluding hydrogens is 416 g/mol. The van der Waals surface area contributed by atoms with Gasteiger partial charge in [0, 0.05) is 16.9 Å². The molecule has 1 N–H and O–H groups in total. The van der Waals surface area contributed by atoms with Crippen LogP contribution in [0.25, 0.3) is 0 Å². The van der Waals surface area contributed by atoms with Crippen LogP contribution >= 0.6 is 22.9 Å². The summed E-state index contributed by atoms with van der Waals surface area (Å²) in [5.41, 5.74) is 1.87. The largest absolute Gasteiger partial charge is 0.360 e. The Labute approximate surface area is 171 Å². The number of Topliss-reactive ketones (excluding diaryl/α,β-unsaturated/α-hetero) is 1. The molecule has 1 aromatic heterocycles. The molecule has 1 aliphatic heterocycles. The van der Waals surface area contributed by atoms with E-state index in [1.165, 1.54) is 21.8 Å². The maximum Gasteiger partial charge on any atom is 0.270 e. The van der Waals surface area contributed by atoms with Crippen molar-refractivity contribution in [3.05, 3.63) is 92.6 Å². The summed E-state index contributed by atoms with van der Waals surface area (Å²) < 4.78 is 27.8. The van der Waals surface area contributed by atoms with Gasteiger partial charge in [0.1, 0.15) is 4.88 Å². The smallest absolute Gasteiger partial charge is 0.270 e. The van der Waals surface area contributed by atoms with Crippen LogP contribution in [0.3, 0.4) is 0 Å². The third-order valence-electron chi connectivity index (χ3n) is 4.29. The lowest BCUT2D eigenvalue weighted by Gasteiger charge is -2.29. The summed E-state index contributed by atoms with van der Waals surface area (Å²) in [7, 11) is -4.02. The predicted octanol–water partition coefficient (Wildman–Crippen LogP) is 4.89. The van der Waals surface area contributed by atoms with Gasteiger partial charge in [-0.2, -0.15) is 0 Å². The maximum absolute atomic E-state index is 13.3. The first-order valence-electron chi connectivity index (χ1n) is 8.38.